The Bertz CT molecular complexity index is 399. The summed E-state index contributed by atoms with van der Waals surface area (Å²) in [4.78, 5) is 21.5. The molecule has 1 saturated heterocycles. The van der Waals surface area contributed by atoms with Gasteiger partial charge in [-0.05, 0) is 6.92 Å². The molecule has 1 aliphatic heterocycles. The summed E-state index contributed by atoms with van der Waals surface area (Å²) < 4.78 is 5.36. The van der Waals surface area contributed by atoms with Crippen molar-refractivity contribution >= 4 is 17.5 Å². The Hall–Kier alpha value is -1.20. The van der Waals surface area contributed by atoms with E-state index in [1.165, 1.54) is 12.4 Å². The highest BCUT2D eigenvalue weighted by atomic mass is 35.5. The number of ether oxygens (including phenoxy) is 1. The molecule has 2 rings (SSSR count). The Kier molecular flexibility index (Phi) is 3.36. The van der Waals surface area contributed by atoms with E-state index in [1.807, 2.05) is 6.92 Å². The Morgan fingerprint density at radius 2 is 2.44 bits per heavy atom. The van der Waals surface area contributed by atoms with Crippen LogP contribution < -0.4 is 0 Å². The molecule has 16 heavy (non-hydrogen) atoms. The third-order valence-electron chi connectivity index (χ3n) is 2.35. The fraction of sp³-hybridized carbons (Fsp3) is 0.500. The minimum atomic E-state index is -0.148. The summed E-state index contributed by atoms with van der Waals surface area (Å²) >= 11 is 5.69. The van der Waals surface area contributed by atoms with Crippen LogP contribution in [0.2, 0.25) is 5.15 Å². The third kappa shape index (κ3) is 2.48. The summed E-state index contributed by atoms with van der Waals surface area (Å²) in [6.07, 6.45) is 2.89. The van der Waals surface area contributed by atoms with Crippen molar-refractivity contribution in [1.29, 1.82) is 0 Å². The molecule has 1 aliphatic rings. The number of carbonyl (C=O) groups is 1. The lowest BCUT2D eigenvalue weighted by atomic mass is 10.2. The first-order valence-electron chi connectivity index (χ1n) is 5.05. The smallest absolute Gasteiger partial charge is 0.274 e. The number of hydrogen-bond acceptors (Lipinski definition) is 4. The van der Waals surface area contributed by atoms with Gasteiger partial charge in [0.2, 0.25) is 0 Å². The van der Waals surface area contributed by atoms with Crippen LogP contribution in [-0.2, 0) is 4.74 Å². The highest BCUT2D eigenvalue weighted by molar-refractivity contribution is 6.29. The number of nitrogens with zero attached hydrogens (tertiary/aromatic N) is 3. The highest BCUT2D eigenvalue weighted by Gasteiger charge is 2.23. The fourth-order valence-corrected chi connectivity index (χ4v) is 1.76. The van der Waals surface area contributed by atoms with E-state index in [-0.39, 0.29) is 22.9 Å². The predicted molar refractivity (Wildman–Crippen MR) is 58.4 cm³/mol. The van der Waals surface area contributed by atoms with Crippen LogP contribution in [0.1, 0.15) is 17.4 Å². The van der Waals surface area contributed by atoms with Crippen LogP contribution in [0, 0.1) is 0 Å². The minimum absolute atomic E-state index is 0.0600. The topological polar surface area (TPSA) is 55.3 Å². The zero-order chi connectivity index (χ0) is 11.5. The first-order chi connectivity index (χ1) is 7.66. The molecule has 0 radical (unpaired) electrons. The maximum atomic E-state index is 12.0. The molecule has 6 heteroatoms. The average Bonchev–Trinajstić information content (AvgIpc) is 2.28. The van der Waals surface area contributed by atoms with Gasteiger partial charge in [-0.1, -0.05) is 11.6 Å². The fourth-order valence-electron chi connectivity index (χ4n) is 1.61. The van der Waals surface area contributed by atoms with Crippen molar-refractivity contribution in [2.24, 2.45) is 0 Å². The summed E-state index contributed by atoms with van der Waals surface area (Å²) in [7, 11) is 0. The second-order valence-corrected chi connectivity index (χ2v) is 4.05. The minimum Gasteiger partial charge on any atom is -0.375 e. The van der Waals surface area contributed by atoms with Gasteiger partial charge in [-0.2, -0.15) is 0 Å². The first kappa shape index (κ1) is 11.3. The molecule has 0 unspecified atom stereocenters. The Balaban J connectivity index is 2.12. The van der Waals surface area contributed by atoms with Crippen molar-refractivity contribution < 1.29 is 9.53 Å². The molecule has 1 amide bonds. The van der Waals surface area contributed by atoms with Gasteiger partial charge < -0.3 is 9.64 Å². The zero-order valence-electron chi connectivity index (χ0n) is 8.89. The van der Waals surface area contributed by atoms with Gasteiger partial charge in [-0.25, -0.2) is 4.98 Å². The maximum absolute atomic E-state index is 12.0. The molecule has 86 valence electrons. The van der Waals surface area contributed by atoms with Gasteiger partial charge in [0.15, 0.2) is 0 Å². The molecule has 1 atom stereocenters. The maximum Gasteiger partial charge on any atom is 0.274 e. The molecular weight excluding hydrogens is 230 g/mol. The molecule has 0 N–H and O–H groups in total. The average molecular weight is 242 g/mol. The van der Waals surface area contributed by atoms with E-state index in [9.17, 15) is 4.79 Å². The van der Waals surface area contributed by atoms with Gasteiger partial charge in [-0.15, -0.1) is 0 Å². The summed E-state index contributed by atoms with van der Waals surface area (Å²) in [5.74, 6) is -0.148. The second-order valence-electron chi connectivity index (χ2n) is 3.66. The van der Waals surface area contributed by atoms with Crippen LogP contribution in [-0.4, -0.2) is 46.6 Å². The van der Waals surface area contributed by atoms with Crippen molar-refractivity contribution in [2.75, 3.05) is 19.7 Å². The molecule has 0 aliphatic carbocycles. The van der Waals surface area contributed by atoms with E-state index < -0.39 is 0 Å². The van der Waals surface area contributed by atoms with Crippen LogP contribution in [0.3, 0.4) is 0 Å². The standard InChI is InChI=1S/C10H12ClN3O2/c1-7-6-14(2-3-16-7)10(15)8-4-12-5-9(11)13-8/h4-5,7H,2-3,6H2,1H3/t7-/m0/s1. The number of aromatic nitrogens is 2. The van der Waals surface area contributed by atoms with E-state index in [0.29, 0.717) is 19.7 Å². The van der Waals surface area contributed by atoms with Gasteiger partial charge in [0.25, 0.3) is 5.91 Å². The molecule has 1 aromatic heterocycles. The highest BCUT2D eigenvalue weighted by Crippen LogP contribution is 2.10. The van der Waals surface area contributed by atoms with Crippen molar-refractivity contribution in [3.63, 3.8) is 0 Å². The van der Waals surface area contributed by atoms with Gasteiger partial charge in [0.1, 0.15) is 10.8 Å². The van der Waals surface area contributed by atoms with Gasteiger partial charge >= 0.3 is 0 Å². The quantitative estimate of drug-likeness (QED) is 0.736. The van der Waals surface area contributed by atoms with E-state index >= 15 is 0 Å². The molecule has 5 nitrogen and oxygen atoms in total. The summed E-state index contributed by atoms with van der Waals surface area (Å²) in [5.41, 5.74) is 0.279. The summed E-state index contributed by atoms with van der Waals surface area (Å²) in [6, 6.07) is 0. The molecule has 1 aromatic rings. The van der Waals surface area contributed by atoms with E-state index in [0.717, 1.165) is 0 Å². The number of halogens is 1. The van der Waals surface area contributed by atoms with Crippen LogP contribution in [0.25, 0.3) is 0 Å². The largest absolute Gasteiger partial charge is 0.375 e. The zero-order valence-corrected chi connectivity index (χ0v) is 9.65. The third-order valence-corrected chi connectivity index (χ3v) is 2.53. The SMILES string of the molecule is C[C@H]1CN(C(=O)c2cncc(Cl)n2)CCO1. The molecule has 2 heterocycles. The van der Waals surface area contributed by atoms with Gasteiger partial charge in [0, 0.05) is 13.1 Å². The Morgan fingerprint density at radius 1 is 1.62 bits per heavy atom. The number of morpholine rings is 1. The number of amides is 1. The molecule has 1 fully saturated rings. The molecule has 0 saturated carbocycles. The molecular formula is C10H12ClN3O2. The molecule has 0 aromatic carbocycles. The lowest BCUT2D eigenvalue weighted by Gasteiger charge is -2.30. The van der Waals surface area contributed by atoms with Crippen molar-refractivity contribution in [2.45, 2.75) is 13.0 Å². The van der Waals surface area contributed by atoms with Gasteiger partial charge in [0.05, 0.1) is 25.1 Å². The van der Waals surface area contributed by atoms with Crippen molar-refractivity contribution in [3.8, 4) is 0 Å². The van der Waals surface area contributed by atoms with Crippen molar-refractivity contribution in [3.05, 3.63) is 23.2 Å². The number of carbonyl (C=O) groups excluding carboxylic acids is 1. The van der Waals surface area contributed by atoms with Crippen LogP contribution in [0.4, 0.5) is 0 Å². The molecule has 0 spiro atoms. The van der Waals surface area contributed by atoms with Gasteiger partial charge in [-0.3, -0.25) is 9.78 Å². The van der Waals surface area contributed by atoms with Crippen LogP contribution in [0.5, 0.6) is 0 Å². The lowest BCUT2D eigenvalue weighted by molar-refractivity contribution is -0.0126. The first-order valence-corrected chi connectivity index (χ1v) is 5.43. The summed E-state index contributed by atoms with van der Waals surface area (Å²) in [6.45, 7) is 3.65. The van der Waals surface area contributed by atoms with E-state index in [4.69, 9.17) is 16.3 Å². The van der Waals surface area contributed by atoms with Crippen LogP contribution in [0.15, 0.2) is 12.4 Å². The normalized spacial score (nSPS) is 20.9. The second kappa shape index (κ2) is 4.76. The van der Waals surface area contributed by atoms with Crippen molar-refractivity contribution in [1.82, 2.24) is 14.9 Å². The lowest BCUT2D eigenvalue weighted by Crippen LogP contribution is -2.44. The summed E-state index contributed by atoms with van der Waals surface area (Å²) in [5, 5.41) is 0.229. The van der Waals surface area contributed by atoms with E-state index in [2.05, 4.69) is 9.97 Å². The monoisotopic (exact) mass is 241 g/mol. The molecule has 0 bridgehead atoms. The predicted octanol–water partition coefficient (Wildman–Crippen LogP) is 0.991. The number of hydrogen-bond donors (Lipinski definition) is 0. The number of rotatable bonds is 1. The van der Waals surface area contributed by atoms with E-state index in [1.54, 1.807) is 4.90 Å². The van der Waals surface area contributed by atoms with Crippen LogP contribution >= 0.6 is 11.6 Å². The Labute approximate surface area is 98.4 Å². The Morgan fingerprint density at radius 3 is 3.12 bits per heavy atom.